The molecule has 1 N–H and O–H groups in total. The van der Waals surface area contributed by atoms with E-state index in [1.54, 1.807) is 24.5 Å². The van der Waals surface area contributed by atoms with Gasteiger partial charge < -0.3 is 5.32 Å². The first kappa shape index (κ1) is 14.9. The number of nitrogens with one attached hydrogen (secondary N) is 1. The number of fused-ring (bicyclic) bond motifs is 1. The largest absolute Gasteiger partial charge is 0.365 e. The third-order valence-corrected chi connectivity index (χ3v) is 4.02. The van der Waals surface area contributed by atoms with Crippen LogP contribution in [-0.4, -0.2) is 14.4 Å². The Bertz CT molecular complexity index is 1040. The molecule has 5 nitrogen and oxygen atoms in total. The van der Waals surface area contributed by atoms with Gasteiger partial charge in [0, 0.05) is 24.5 Å². The van der Waals surface area contributed by atoms with E-state index in [0.29, 0.717) is 12.1 Å². The van der Waals surface area contributed by atoms with Gasteiger partial charge >= 0.3 is 0 Å². The Morgan fingerprint density at radius 2 is 1.84 bits per heavy atom. The lowest BCUT2D eigenvalue weighted by atomic mass is 10.1. The van der Waals surface area contributed by atoms with Crippen molar-refractivity contribution in [3.8, 4) is 17.3 Å². The molecule has 0 bridgehead atoms. The smallest absolute Gasteiger partial charge is 0.157 e. The van der Waals surface area contributed by atoms with Gasteiger partial charge in [-0.2, -0.15) is 5.26 Å². The first-order chi connectivity index (χ1) is 12.3. The van der Waals surface area contributed by atoms with E-state index in [-0.39, 0.29) is 0 Å². The lowest BCUT2D eigenvalue weighted by molar-refractivity contribution is 1.07. The summed E-state index contributed by atoms with van der Waals surface area (Å²) in [6, 6.07) is 19.8. The fraction of sp³-hybridized carbons (Fsp3) is 0.0500. The van der Waals surface area contributed by atoms with Crippen LogP contribution in [0.25, 0.3) is 16.9 Å². The molecule has 0 fully saturated rings. The van der Waals surface area contributed by atoms with Gasteiger partial charge in [0.05, 0.1) is 17.8 Å². The molecule has 0 amide bonds. The van der Waals surface area contributed by atoms with E-state index in [4.69, 9.17) is 10.2 Å². The fourth-order valence-electron chi connectivity index (χ4n) is 2.76. The van der Waals surface area contributed by atoms with Crippen molar-refractivity contribution in [3.05, 3.63) is 84.3 Å². The summed E-state index contributed by atoms with van der Waals surface area (Å²) in [5.41, 5.74) is 4.40. The summed E-state index contributed by atoms with van der Waals surface area (Å²) in [5, 5.41) is 12.5. The molecule has 0 radical (unpaired) electrons. The zero-order valence-electron chi connectivity index (χ0n) is 13.4. The monoisotopic (exact) mass is 325 g/mol. The minimum Gasteiger partial charge on any atom is -0.365 e. The molecule has 0 unspecified atom stereocenters. The second-order valence-electron chi connectivity index (χ2n) is 5.64. The number of nitriles is 1. The Morgan fingerprint density at radius 3 is 2.60 bits per heavy atom. The van der Waals surface area contributed by atoms with E-state index in [2.05, 4.69) is 28.5 Å². The maximum absolute atomic E-state index is 8.99. The highest BCUT2D eigenvalue weighted by Crippen LogP contribution is 2.29. The summed E-state index contributed by atoms with van der Waals surface area (Å²) < 4.78 is 1.99. The van der Waals surface area contributed by atoms with Crippen LogP contribution >= 0.6 is 0 Å². The summed E-state index contributed by atoms with van der Waals surface area (Å²) in [5.74, 6) is 0.908. The van der Waals surface area contributed by atoms with Crippen LogP contribution in [0.1, 0.15) is 11.1 Å². The molecule has 2 aromatic heterocycles. The second-order valence-corrected chi connectivity index (χ2v) is 5.64. The van der Waals surface area contributed by atoms with Crippen molar-refractivity contribution < 1.29 is 0 Å². The van der Waals surface area contributed by atoms with Gasteiger partial charge in [-0.3, -0.25) is 9.38 Å². The zero-order chi connectivity index (χ0) is 17.1. The average Bonchev–Trinajstić information content (AvgIpc) is 3.06. The Kier molecular flexibility index (Phi) is 3.85. The van der Waals surface area contributed by atoms with Crippen LogP contribution in [0.3, 0.4) is 0 Å². The van der Waals surface area contributed by atoms with Gasteiger partial charge in [-0.15, -0.1) is 0 Å². The highest BCUT2D eigenvalue weighted by molar-refractivity contribution is 5.76. The summed E-state index contributed by atoms with van der Waals surface area (Å²) in [6.07, 6.45) is 5.37. The van der Waals surface area contributed by atoms with Gasteiger partial charge in [0.2, 0.25) is 0 Å². The van der Waals surface area contributed by atoms with Crippen LogP contribution in [0.5, 0.6) is 0 Å². The van der Waals surface area contributed by atoms with Crippen LogP contribution in [0.4, 0.5) is 5.82 Å². The minimum atomic E-state index is 0.632. The molecule has 0 aliphatic carbocycles. The molecular formula is C20H15N5. The van der Waals surface area contributed by atoms with E-state index in [1.165, 1.54) is 5.56 Å². The quantitative estimate of drug-likeness (QED) is 0.618. The highest BCUT2D eigenvalue weighted by atomic mass is 15.1. The van der Waals surface area contributed by atoms with Crippen molar-refractivity contribution >= 4 is 11.5 Å². The van der Waals surface area contributed by atoms with Gasteiger partial charge in [-0.1, -0.05) is 42.5 Å². The number of aromatic nitrogens is 3. The van der Waals surface area contributed by atoms with E-state index in [1.807, 2.05) is 40.9 Å². The SMILES string of the molecule is N#Cc1ccc(-c2nc3cnccn3c2NCc2ccccc2)cc1. The summed E-state index contributed by atoms with van der Waals surface area (Å²) in [7, 11) is 0. The van der Waals surface area contributed by atoms with Gasteiger partial charge in [0.1, 0.15) is 11.5 Å². The summed E-state index contributed by atoms with van der Waals surface area (Å²) >= 11 is 0. The van der Waals surface area contributed by atoms with Crippen LogP contribution in [-0.2, 0) is 6.54 Å². The maximum Gasteiger partial charge on any atom is 0.157 e. The van der Waals surface area contributed by atoms with Crippen LogP contribution in [0.2, 0.25) is 0 Å². The van der Waals surface area contributed by atoms with E-state index >= 15 is 0 Å². The standard InChI is InChI=1S/C20H15N5/c21-12-15-6-8-17(9-7-15)19-20(23-13-16-4-2-1-3-5-16)25-11-10-22-14-18(25)24-19/h1-11,14,23H,13H2. The topological polar surface area (TPSA) is 66.0 Å². The van der Waals surface area contributed by atoms with Gasteiger partial charge in [0.15, 0.2) is 5.65 Å². The Morgan fingerprint density at radius 1 is 1.04 bits per heavy atom. The Balaban J connectivity index is 1.76. The summed E-state index contributed by atoms with van der Waals surface area (Å²) in [4.78, 5) is 8.86. The molecular weight excluding hydrogens is 310 g/mol. The lowest BCUT2D eigenvalue weighted by Crippen LogP contribution is -2.03. The highest BCUT2D eigenvalue weighted by Gasteiger charge is 2.14. The molecule has 0 atom stereocenters. The number of imidazole rings is 1. The number of benzene rings is 2. The molecule has 5 heteroatoms. The van der Waals surface area contributed by atoms with Crippen molar-refractivity contribution in [2.45, 2.75) is 6.54 Å². The molecule has 0 saturated heterocycles. The Hall–Kier alpha value is -3.65. The Labute approximate surface area is 145 Å². The second kappa shape index (κ2) is 6.46. The molecule has 25 heavy (non-hydrogen) atoms. The number of nitrogens with zero attached hydrogens (tertiary/aromatic N) is 4. The predicted molar refractivity (Wildman–Crippen MR) is 96.9 cm³/mol. The van der Waals surface area contributed by atoms with E-state index < -0.39 is 0 Å². The van der Waals surface area contributed by atoms with Crippen molar-refractivity contribution in [2.24, 2.45) is 0 Å². The number of rotatable bonds is 4. The number of anilines is 1. The third-order valence-electron chi connectivity index (χ3n) is 4.02. The third kappa shape index (κ3) is 2.93. The molecule has 2 aromatic carbocycles. The van der Waals surface area contributed by atoms with E-state index in [0.717, 1.165) is 22.7 Å². The minimum absolute atomic E-state index is 0.632. The van der Waals surface area contributed by atoms with Crippen LogP contribution in [0.15, 0.2) is 73.2 Å². The molecule has 0 saturated carbocycles. The normalized spacial score (nSPS) is 10.5. The fourth-order valence-corrected chi connectivity index (χ4v) is 2.76. The van der Waals surface area contributed by atoms with Crippen LogP contribution in [0, 0.1) is 11.3 Å². The van der Waals surface area contributed by atoms with Crippen molar-refractivity contribution in [2.75, 3.05) is 5.32 Å². The lowest BCUT2D eigenvalue weighted by Gasteiger charge is -2.09. The number of hydrogen-bond donors (Lipinski definition) is 1. The summed E-state index contributed by atoms with van der Waals surface area (Å²) in [6.45, 7) is 0.695. The number of hydrogen-bond acceptors (Lipinski definition) is 4. The van der Waals surface area contributed by atoms with Gasteiger partial charge in [-0.05, 0) is 17.7 Å². The molecule has 120 valence electrons. The molecule has 2 heterocycles. The van der Waals surface area contributed by atoms with Crippen LogP contribution < -0.4 is 5.32 Å². The average molecular weight is 325 g/mol. The van der Waals surface area contributed by atoms with Crippen molar-refractivity contribution in [3.63, 3.8) is 0 Å². The molecule has 4 rings (SSSR count). The van der Waals surface area contributed by atoms with E-state index in [9.17, 15) is 0 Å². The maximum atomic E-state index is 8.99. The van der Waals surface area contributed by atoms with Crippen molar-refractivity contribution in [1.29, 1.82) is 5.26 Å². The molecule has 0 spiro atoms. The molecule has 0 aliphatic heterocycles. The molecule has 0 aliphatic rings. The van der Waals surface area contributed by atoms with Gasteiger partial charge in [0.25, 0.3) is 0 Å². The first-order valence-electron chi connectivity index (χ1n) is 7.95. The van der Waals surface area contributed by atoms with Crippen molar-refractivity contribution in [1.82, 2.24) is 14.4 Å². The first-order valence-corrected chi connectivity index (χ1v) is 7.95. The zero-order valence-corrected chi connectivity index (χ0v) is 13.4. The molecule has 4 aromatic rings. The van der Waals surface area contributed by atoms with Gasteiger partial charge in [-0.25, -0.2) is 4.98 Å². The predicted octanol–water partition coefficient (Wildman–Crippen LogP) is 3.88.